The van der Waals surface area contributed by atoms with Crippen molar-refractivity contribution in [3.05, 3.63) is 64.7 Å². The van der Waals surface area contributed by atoms with Crippen LogP contribution in [0.3, 0.4) is 0 Å². The molecule has 1 saturated heterocycles. The lowest BCUT2D eigenvalue weighted by Gasteiger charge is -2.31. The molecule has 0 aliphatic carbocycles. The van der Waals surface area contributed by atoms with Gasteiger partial charge in [-0.15, -0.1) is 0 Å². The van der Waals surface area contributed by atoms with E-state index in [9.17, 15) is 18.5 Å². The van der Waals surface area contributed by atoms with Crippen LogP contribution in [0.4, 0.5) is 0 Å². The summed E-state index contributed by atoms with van der Waals surface area (Å²) < 4.78 is 27.2. The summed E-state index contributed by atoms with van der Waals surface area (Å²) in [6.07, 6.45) is 0.865. The van der Waals surface area contributed by atoms with E-state index in [-0.39, 0.29) is 41.4 Å². The van der Waals surface area contributed by atoms with Gasteiger partial charge in [-0.25, -0.2) is 8.42 Å². The molecule has 1 fully saturated rings. The first-order valence-electron chi connectivity index (χ1n) is 9.38. The number of amides is 1. The van der Waals surface area contributed by atoms with Crippen LogP contribution in [0, 0.1) is 17.2 Å². The van der Waals surface area contributed by atoms with Crippen LogP contribution in [0.1, 0.15) is 36.9 Å². The normalized spacial score (nSPS) is 16.7. The van der Waals surface area contributed by atoms with Crippen LogP contribution < -0.4 is 5.32 Å². The molecule has 6 nitrogen and oxygen atoms in total. The van der Waals surface area contributed by atoms with Crippen LogP contribution in [-0.2, 0) is 14.8 Å². The van der Waals surface area contributed by atoms with Gasteiger partial charge in [0.1, 0.15) is 6.07 Å². The molecule has 1 aliphatic heterocycles. The number of carbonyl (C=O) groups is 1. The summed E-state index contributed by atoms with van der Waals surface area (Å²) in [6.45, 7) is 2.37. The monoisotopic (exact) mass is 431 g/mol. The molecule has 2 aromatic rings. The van der Waals surface area contributed by atoms with E-state index in [0.29, 0.717) is 17.9 Å². The molecule has 0 saturated carbocycles. The molecule has 1 heterocycles. The van der Waals surface area contributed by atoms with E-state index in [2.05, 4.69) is 5.32 Å². The number of halogens is 1. The van der Waals surface area contributed by atoms with Crippen molar-refractivity contribution in [2.45, 2.75) is 30.7 Å². The van der Waals surface area contributed by atoms with Crippen molar-refractivity contribution in [2.75, 3.05) is 13.1 Å². The maximum absolute atomic E-state index is 12.9. The van der Waals surface area contributed by atoms with Gasteiger partial charge in [-0.2, -0.15) is 9.57 Å². The van der Waals surface area contributed by atoms with E-state index in [1.165, 1.54) is 16.4 Å². The third-order valence-electron chi connectivity index (χ3n) is 5.16. The smallest absolute Gasteiger partial charge is 0.244 e. The highest BCUT2D eigenvalue weighted by Crippen LogP contribution is 2.26. The molecule has 1 N–H and O–H groups in total. The number of sulfonamides is 1. The summed E-state index contributed by atoms with van der Waals surface area (Å²) >= 11 is 6.01. The van der Waals surface area contributed by atoms with Crippen molar-refractivity contribution >= 4 is 27.5 Å². The number of carbonyl (C=O) groups excluding carboxylic acids is 1. The number of nitriles is 1. The Hall–Kier alpha value is -2.40. The predicted octanol–water partition coefficient (Wildman–Crippen LogP) is 3.49. The number of hydrogen-bond acceptors (Lipinski definition) is 4. The molecular weight excluding hydrogens is 410 g/mol. The lowest BCUT2D eigenvalue weighted by Crippen LogP contribution is -2.43. The average molecular weight is 432 g/mol. The van der Waals surface area contributed by atoms with Crippen molar-refractivity contribution in [1.82, 2.24) is 9.62 Å². The van der Waals surface area contributed by atoms with Gasteiger partial charge in [-0.1, -0.05) is 35.9 Å². The lowest BCUT2D eigenvalue weighted by molar-refractivity contribution is -0.126. The molecule has 1 atom stereocenters. The van der Waals surface area contributed by atoms with Crippen molar-refractivity contribution in [3.8, 4) is 6.07 Å². The van der Waals surface area contributed by atoms with Crippen molar-refractivity contribution in [2.24, 2.45) is 5.92 Å². The zero-order valence-electron chi connectivity index (χ0n) is 16.0. The van der Waals surface area contributed by atoms with Gasteiger partial charge in [-0.05, 0) is 49.6 Å². The second-order valence-corrected chi connectivity index (χ2v) is 9.41. The number of piperidine rings is 1. The fraction of sp³-hybridized carbons (Fsp3) is 0.333. The first kappa shape index (κ1) is 21.3. The Labute approximate surface area is 176 Å². The third kappa shape index (κ3) is 4.78. The van der Waals surface area contributed by atoms with Gasteiger partial charge in [0.25, 0.3) is 0 Å². The van der Waals surface area contributed by atoms with E-state index in [1.807, 2.05) is 31.2 Å². The molecule has 1 amide bonds. The zero-order chi connectivity index (χ0) is 21.0. The molecule has 0 aromatic heterocycles. The van der Waals surface area contributed by atoms with Gasteiger partial charge in [-0.3, -0.25) is 4.79 Å². The van der Waals surface area contributed by atoms with Crippen molar-refractivity contribution < 1.29 is 13.2 Å². The highest BCUT2D eigenvalue weighted by molar-refractivity contribution is 7.89. The Kier molecular flexibility index (Phi) is 6.58. The molecule has 8 heteroatoms. The average Bonchev–Trinajstić information content (AvgIpc) is 2.73. The highest BCUT2D eigenvalue weighted by Gasteiger charge is 2.33. The molecular formula is C21H22ClN3O3S. The van der Waals surface area contributed by atoms with Crippen LogP contribution in [0.5, 0.6) is 0 Å². The maximum Gasteiger partial charge on any atom is 0.244 e. The van der Waals surface area contributed by atoms with Gasteiger partial charge in [0, 0.05) is 24.0 Å². The van der Waals surface area contributed by atoms with E-state index in [1.54, 1.807) is 18.2 Å². The van der Waals surface area contributed by atoms with Crippen LogP contribution >= 0.6 is 11.6 Å². The highest BCUT2D eigenvalue weighted by atomic mass is 35.5. The van der Waals surface area contributed by atoms with E-state index in [0.717, 1.165) is 5.56 Å². The Bertz CT molecular complexity index is 1040. The fourth-order valence-electron chi connectivity index (χ4n) is 3.47. The van der Waals surface area contributed by atoms with Gasteiger partial charge < -0.3 is 5.32 Å². The molecule has 0 spiro atoms. The quantitative estimate of drug-likeness (QED) is 0.784. The SMILES string of the molecule is CC(NC(=O)C1CCN(S(=O)(=O)c2ccccc2C#N)CC1)c1cccc(Cl)c1. The summed E-state index contributed by atoms with van der Waals surface area (Å²) in [5, 5.41) is 12.8. The number of nitrogens with zero attached hydrogens (tertiary/aromatic N) is 2. The second-order valence-electron chi connectivity index (χ2n) is 7.07. The Morgan fingerprint density at radius 3 is 2.55 bits per heavy atom. The van der Waals surface area contributed by atoms with E-state index < -0.39 is 10.0 Å². The Morgan fingerprint density at radius 1 is 1.21 bits per heavy atom. The van der Waals surface area contributed by atoms with Crippen molar-refractivity contribution in [3.63, 3.8) is 0 Å². The zero-order valence-corrected chi connectivity index (χ0v) is 17.6. The molecule has 152 valence electrons. The molecule has 29 heavy (non-hydrogen) atoms. The first-order valence-corrected chi connectivity index (χ1v) is 11.2. The standard InChI is InChI=1S/C21H22ClN3O3S/c1-15(17-6-4-7-19(22)13-17)24-21(26)16-9-11-25(12-10-16)29(27,28)20-8-3-2-5-18(20)14-23/h2-8,13,15-16H,9-12H2,1H3,(H,24,26). The molecule has 1 aliphatic rings. The minimum atomic E-state index is -3.76. The second kappa shape index (κ2) is 8.95. The van der Waals surface area contributed by atoms with E-state index >= 15 is 0 Å². The number of nitrogens with one attached hydrogen (secondary N) is 1. The summed E-state index contributed by atoms with van der Waals surface area (Å²) in [4.78, 5) is 12.7. The fourth-order valence-corrected chi connectivity index (χ4v) is 5.28. The third-order valence-corrected chi connectivity index (χ3v) is 7.35. The van der Waals surface area contributed by atoms with Crippen LogP contribution in [0.2, 0.25) is 5.02 Å². The van der Waals surface area contributed by atoms with Gasteiger partial charge in [0.15, 0.2) is 0 Å². The molecule has 3 rings (SSSR count). The molecule has 1 unspecified atom stereocenters. The molecule has 0 radical (unpaired) electrons. The number of hydrogen-bond donors (Lipinski definition) is 1. The minimum absolute atomic E-state index is 0.0139. The maximum atomic E-state index is 12.9. The van der Waals surface area contributed by atoms with Crippen LogP contribution in [0.25, 0.3) is 0 Å². The van der Waals surface area contributed by atoms with Gasteiger partial charge >= 0.3 is 0 Å². The Balaban J connectivity index is 1.63. The van der Waals surface area contributed by atoms with Gasteiger partial charge in [0.2, 0.25) is 15.9 Å². The van der Waals surface area contributed by atoms with Crippen LogP contribution in [-0.4, -0.2) is 31.7 Å². The predicted molar refractivity (Wildman–Crippen MR) is 111 cm³/mol. The van der Waals surface area contributed by atoms with Crippen molar-refractivity contribution in [1.29, 1.82) is 5.26 Å². The van der Waals surface area contributed by atoms with Gasteiger partial charge in [0.05, 0.1) is 16.5 Å². The topological polar surface area (TPSA) is 90.3 Å². The summed E-state index contributed by atoms with van der Waals surface area (Å²) in [7, 11) is -3.76. The number of rotatable bonds is 5. The Morgan fingerprint density at radius 2 is 1.90 bits per heavy atom. The molecule has 2 aromatic carbocycles. The summed E-state index contributed by atoms with van der Waals surface area (Å²) in [5.74, 6) is -0.346. The van der Waals surface area contributed by atoms with Crippen LogP contribution in [0.15, 0.2) is 53.4 Å². The molecule has 0 bridgehead atoms. The first-order chi connectivity index (χ1) is 13.8. The summed E-state index contributed by atoms with van der Waals surface area (Å²) in [6, 6.07) is 15.2. The summed E-state index contributed by atoms with van der Waals surface area (Å²) in [5.41, 5.74) is 1.04. The van der Waals surface area contributed by atoms with E-state index in [4.69, 9.17) is 11.6 Å². The largest absolute Gasteiger partial charge is 0.349 e. The minimum Gasteiger partial charge on any atom is -0.349 e. The lowest BCUT2D eigenvalue weighted by atomic mass is 9.96. The number of benzene rings is 2.